The fraction of sp³-hybridized carbons (Fsp3) is 0.308. The van der Waals surface area contributed by atoms with E-state index >= 15 is 0 Å². The summed E-state index contributed by atoms with van der Waals surface area (Å²) in [4.78, 5) is 11.3. The highest BCUT2D eigenvalue weighted by Gasteiger charge is 2.26. The monoisotopic (exact) mass is 218 g/mol. The van der Waals surface area contributed by atoms with E-state index in [-0.39, 0.29) is 18.5 Å². The van der Waals surface area contributed by atoms with Crippen molar-refractivity contribution in [2.24, 2.45) is 0 Å². The zero-order valence-corrected chi connectivity index (χ0v) is 9.40. The minimum absolute atomic E-state index is 0.115. The Morgan fingerprint density at radius 3 is 2.75 bits per heavy atom. The van der Waals surface area contributed by atoms with E-state index in [1.807, 2.05) is 30.3 Å². The molecule has 1 aromatic carbocycles. The maximum atomic E-state index is 11.3. The van der Waals surface area contributed by atoms with Gasteiger partial charge in [-0.3, -0.25) is 4.79 Å². The number of carbonyl (C=O) groups is 1. The van der Waals surface area contributed by atoms with Crippen molar-refractivity contribution in [1.29, 1.82) is 0 Å². The van der Waals surface area contributed by atoms with Gasteiger partial charge >= 0.3 is 5.97 Å². The average Bonchev–Trinajstić information content (AvgIpc) is 2.65. The Kier molecular flexibility index (Phi) is 3.06. The van der Waals surface area contributed by atoms with Crippen molar-refractivity contribution in [1.82, 2.24) is 0 Å². The molecule has 1 aliphatic carbocycles. The van der Waals surface area contributed by atoms with E-state index in [0.29, 0.717) is 0 Å². The summed E-state index contributed by atoms with van der Waals surface area (Å²) in [7, 11) is 3.05. The van der Waals surface area contributed by atoms with E-state index in [1.165, 1.54) is 7.11 Å². The topological polar surface area (TPSA) is 35.5 Å². The quantitative estimate of drug-likeness (QED) is 0.730. The third-order valence-corrected chi connectivity index (χ3v) is 2.77. The third kappa shape index (κ3) is 1.86. The van der Waals surface area contributed by atoms with Gasteiger partial charge in [0.25, 0.3) is 0 Å². The molecule has 16 heavy (non-hydrogen) atoms. The summed E-state index contributed by atoms with van der Waals surface area (Å²) >= 11 is 0. The van der Waals surface area contributed by atoms with Crippen LogP contribution < -0.4 is 0 Å². The fourth-order valence-electron chi connectivity index (χ4n) is 2.02. The zero-order valence-electron chi connectivity index (χ0n) is 9.40. The second kappa shape index (κ2) is 4.49. The van der Waals surface area contributed by atoms with E-state index in [4.69, 9.17) is 4.74 Å². The van der Waals surface area contributed by atoms with Crippen LogP contribution in [0.3, 0.4) is 0 Å². The van der Waals surface area contributed by atoms with Crippen LogP contribution in [0.25, 0.3) is 6.08 Å². The lowest BCUT2D eigenvalue weighted by Gasteiger charge is -2.14. The summed E-state index contributed by atoms with van der Waals surface area (Å²) < 4.78 is 10.1. The van der Waals surface area contributed by atoms with E-state index in [9.17, 15) is 4.79 Å². The predicted octanol–water partition coefficient (Wildman–Crippen LogP) is 2.33. The number of fused-ring (bicyclic) bond motifs is 1. The van der Waals surface area contributed by atoms with Crippen LogP contribution in [0, 0.1) is 0 Å². The molecule has 0 bridgehead atoms. The van der Waals surface area contributed by atoms with Crippen LogP contribution in [0.5, 0.6) is 0 Å². The molecular weight excluding hydrogens is 204 g/mol. The van der Waals surface area contributed by atoms with Gasteiger partial charge < -0.3 is 9.47 Å². The number of rotatable bonds is 3. The van der Waals surface area contributed by atoms with E-state index < -0.39 is 0 Å². The lowest BCUT2D eigenvalue weighted by atomic mass is 10.1. The number of hydrogen-bond acceptors (Lipinski definition) is 3. The molecule has 0 aliphatic heterocycles. The molecule has 1 aliphatic rings. The molecule has 0 N–H and O–H groups in total. The number of carbonyl (C=O) groups excluding carboxylic acids is 1. The van der Waals surface area contributed by atoms with Gasteiger partial charge in [0.1, 0.15) is 6.10 Å². The molecular formula is C13H14O3. The second-order valence-corrected chi connectivity index (χ2v) is 3.72. The Balaban J connectivity index is 2.26. The number of esters is 1. The van der Waals surface area contributed by atoms with E-state index in [2.05, 4.69) is 4.74 Å². The summed E-state index contributed by atoms with van der Waals surface area (Å²) in [5.41, 5.74) is 3.19. The van der Waals surface area contributed by atoms with Crippen LogP contribution in [-0.2, 0) is 14.3 Å². The van der Waals surface area contributed by atoms with Crippen LogP contribution in [0.1, 0.15) is 23.7 Å². The lowest BCUT2D eigenvalue weighted by molar-refractivity contribution is -0.140. The number of ether oxygens (including phenoxy) is 2. The van der Waals surface area contributed by atoms with Gasteiger partial charge in [-0.1, -0.05) is 30.3 Å². The molecule has 0 fully saturated rings. The van der Waals surface area contributed by atoms with Gasteiger partial charge in [0.2, 0.25) is 0 Å². The summed E-state index contributed by atoms with van der Waals surface area (Å²) in [6.45, 7) is 0. The third-order valence-electron chi connectivity index (χ3n) is 2.77. The Morgan fingerprint density at radius 2 is 2.06 bits per heavy atom. The largest absolute Gasteiger partial charge is 0.469 e. The Labute approximate surface area is 94.7 Å². The highest BCUT2D eigenvalue weighted by Crippen LogP contribution is 2.38. The van der Waals surface area contributed by atoms with Crippen LogP contribution in [0.15, 0.2) is 29.8 Å². The van der Waals surface area contributed by atoms with Crippen LogP contribution in [-0.4, -0.2) is 20.2 Å². The maximum absolute atomic E-state index is 11.3. The summed E-state index contributed by atoms with van der Waals surface area (Å²) in [5, 5.41) is 0. The molecule has 1 unspecified atom stereocenters. The summed E-state index contributed by atoms with van der Waals surface area (Å²) in [6, 6.07) is 7.98. The predicted molar refractivity (Wildman–Crippen MR) is 60.8 cm³/mol. The highest BCUT2D eigenvalue weighted by atomic mass is 16.5. The van der Waals surface area contributed by atoms with Crippen molar-refractivity contribution in [3.63, 3.8) is 0 Å². The normalized spacial score (nSPS) is 17.9. The first kappa shape index (κ1) is 10.9. The average molecular weight is 218 g/mol. The Hall–Kier alpha value is -1.61. The minimum atomic E-state index is -0.235. The molecule has 0 saturated carbocycles. The molecule has 0 aromatic heterocycles. The molecule has 0 radical (unpaired) electrons. The first-order valence-corrected chi connectivity index (χ1v) is 5.15. The van der Waals surface area contributed by atoms with Crippen molar-refractivity contribution < 1.29 is 14.3 Å². The summed E-state index contributed by atoms with van der Waals surface area (Å²) in [5.74, 6) is -0.235. The van der Waals surface area contributed by atoms with Crippen molar-refractivity contribution in [3.05, 3.63) is 41.0 Å². The molecule has 84 valence electrons. The van der Waals surface area contributed by atoms with Crippen molar-refractivity contribution >= 4 is 12.0 Å². The van der Waals surface area contributed by atoms with Crippen LogP contribution >= 0.6 is 0 Å². The van der Waals surface area contributed by atoms with Crippen molar-refractivity contribution in [2.45, 2.75) is 12.5 Å². The lowest BCUT2D eigenvalue weighted by Crippen LogP contribution is -2.07. The molecule has 1 atom stereocenters. The first-order valence-electron chi connectivity index (χ1n) is 5.15. The van der Waals surface area contributed by atoms with Gasteiger partial charge in [-0.25, -0.2) is 0 Å². The van der Waals surface area contributed by atoms with Crippen LogP contribution in [0.4, 0.5) is 0 Å². The molecule has 0 spiro atoms. The molecule has 1 aromatic rings. The minimum Gasteiger partial charge on any atom is -0.469 e. The zero-order chi connectivity index (χ0) is 11.5. The van der Waals surface area contributed by atoms with Gasteiger partial charge in [0.15, 0.2) is 0 Å². The van der Waals surface area contributed by atoms with Crippen molar-refractivity contribution in [2.75, 3.05) is 14.2 Å². The molecule has 0 heterocycles. The first-order chi connectivity index (χ1) is 7.76. The van der Waals surface area contributed by atoms with E-state index in [0.717, 1.165) is 16.7 Å². The molecule has 3 nitrogen and oxygen atoms in total. The Bertz CT molecular complexity index is 435. The standard InChI is InChI=1S/C13H14O3/c1-15-12(14)8-10-7-9-5-3-4-6-11(9)13(10)16-2/h3-7,13H,8H2,1-2H3. The number of benzene rings is 1. The summed E-state index contributed by atoms with van der Waals surface area (Å²) in [6.07, 6.45) is 2.17. The molecule has 0 amide bonds. The van der Waals surface area contributed by atoms with Gasteiger partial charge in [0.05, 0.1) is 13.5 Å². The van der Waals surface area contributed by atoms with Gasteiger partial charge in [-0.15, -0.1) is 0 Å². The Morgan fingerprint density at radius 1 is 1.31 bits per heavy atom. The molecule has 0 saturated heterocycles. The van der Waals surface area contributed by atoms with Gasteiger partial charge in [-0.05, 0) is 16.7 Å². The second-order valence-electron chi connectivity index (χ2n) is 3.72. The van der Waals surface area contributed by atoms with Gasteiger partial charge in [-0.2, -0.15) is 0 Å². The molecule has 2 rings (SSSR count). The van der Waals surface area contributed by atoms with Crippen LogP contribution in [0.2, 0.25) is 0 Å². The maximum Gasteiger partial charge on any atom is 0.309 e. The fourth-order valence-corrected chi connectivity index (χ4v) is 2.02. The number of hydrogen-bond donors (Lipinski definition) is 0. The SMILES string of the molecule is COC(=O)CC1=Cc2ccccc2C1OC. The highest BCUT2D eigenvalue weighted by molar-refractivity contribution is 5.77. The molecule has 3 heteroatoms. The van der Waals surface area contributed by atoms with Gasteiger partial charge in [0, 0.05) is 7.11 Å². The smallest absolute Gasteiger partial charge is 0.309 e. The number of methoxy groups -OCH3 is 2. The van der Waals surface area contributed by atoms with E-state index in [1.54, 1.807) is 7.11 Å². The van der Waals surface area contributed by atoms with Crippen molar-refractivity contribution in [3.8, 4) is 0 Å².